The molecule has 4 heteroatoms. The van der Waals surface area contributed by atoms with Gasteiger partial charge in [0.25, 0.3) is 0 Å². The van der Waals surface area contributed by atoms with E-state index in [4.69, 9.17) is 5.73 Å². The number of anilines is 1. The van der Waals surface area contributed by atoms with Crippen molar-refractivity contribution >= 4 is 11.7 Å². The number of nitrogens with zero attached hydrogens (tertiary/aromatic N) is 1. The van der Waals surface area contributed by atoms with E-state index in [1.807, 2.05) is 36.1 Å². The number of carbonyl (C=O) groups excluding carboxylic acids is 1. The largest absolute Gasteiger partial charge is 0.330 e. The summed E-state index contributed by atoms with van der Waals surface area (Å²) in [6.07, 6.45) is 0.998. The molecule has 0 spiro atoms. The lowest BCUT2D eigenvalue weighted by molar-refractivity contribution is 0.209. The van der Waals surface area contributed by atoms with Crippen molar-refractivity contribution in [2.24, 2.45) is 11.7 Å². The Morgan fingerprint density at radius 2 is 2.11 bits per heavy atom. The van der Waals surface area contributed by atoms with E-state index in [0.717, 1.165) is 18.7 Å². The van der Waals surface area contributed by atoms with Crippen LogP contribution in [0.15, 0.2) is 24.3 Å². The number of urea groups is 1. The minimum Gasteiger partial charge on any atom is -0.330 e. The summed E-state index contributed by atoms with van der Waals surface area (Å²) in [6, 6.07) is 8.08. The lowest BCUT2D eigenvalue weighted by atomic mass is 10.1. The Bertz CT molecular complexity index is 416. The van der Waals surface area contributed by atoms with E-state index in [9.17, 15) is 4.79 Å². The first-order chi connectivity index (χ1) is 8.60. The van der Waals surface area contributed by atoms with Crippen molar-refractivity contribution in [1.82, 2.24) is 4.90 Å². The second-order valence-corrected chi connectivity index (χ2v) is 5.13. The smallest absolute Gasteiger partial charge is 0.322 e. The van der Waals surface area contributed by atoms with Crippen LogP contribution < -0.4 is 11.1 Å². The third-order valence-corrected chi connectivity index (χ3v) is 3.56. The molecule has 0 saturated carbocycles. The van der Waals surface area contributed by atoms with Crippen LogP contribution in [0.5, 0.6) is 0 Å². The van der Waals surface area contributed by atoms with E-state index in [-0.39, 0.29) is 12.1 Å². The number of rotatable bonds is 2. The number of carbonyl (C=O) groups is 1. The zero-order chi connectivity index (χ0) is 13.1. The van der Waals surface area contributed by atoms with Gasteiger partial charge in [-0.1, -0.05) is 17.7 Å². The molecule has 2 rings (SSSR count). The van der Waals surface area contributed by atoms with Gasteiger partial charge in [0.2, 0.25) is 0 Å². The third-order valence-electron chi connectivity index (χ3n) is 3.56. The maximum atomic E-state index is 12.1. The Kier molecular flexibility index (Phi) is 3.87. The fourth-order valence-corrected chi connectivity index (χ4v) is 2.43. The van der Waals surface area contributed by atoms with E-state index in [2.05, 4.69) is 12.2 Å². The number of likely N-dealkylation sites (tertiary alicyclic amines) is 1. The van der Waals surface area contributed by atoms with E-state index in [1.165, 1.54) is 5.56 Å². The van der Waals surface area contributed by atoms with Gasteiger partial charge < -0.3 is 16.0 Å². The average Bonchev–Trinajstić information content (AvgIpc) is 2.73. The summed E-state index contributed by atoms with van der Waals surface area (Å²) < 4.78 is 0. The molecule has 2 unspecified atom stereocenters. The van der Waals surface area contributed by atoms with Crippen LogP contribution in [-0.4, -0.2) is 30.1 Å². The monoisotopic (exact) mass is 247 g/mol. The molecule has 2 atom stereocenters. The van der Waals surface area contributed by atoms with E-state index in [0.29, 0.717) is 12.5 Å². The van der Waals surface area contributed by atoms with Gasteiger partial charge in [-0.15, -0.1) is 0 Å². The van der Waals surface area contributed by atoms with Gasteiger partial charge in [-0.2, -0.15) is 0 Å². The molecule has 1 heterocycles. The summed E-state index contributed by atoms with van der Waals surface area (Å²) in [5.41, 5.74) is 7.70. The summed E-state index contributed by atoms with van der Waals surface area (Å²) in [7, 11) is 0. The lowest BCUT2D eigenvalue weighted by Gasteiger charge is -2.22. The molecule has 0 bridgehead atoms. The van der Waals surface area contributed by atoms with E-state index in [1.54, 1.807) is 0 Å². The number of benzene rings is 1. The van der Waals surface area contributed by atoms with E-state index >= 15 is 0 Å². The Hall–Kier alpha value is -1.55. The van der Waals surface area contributed by atoms with Crippen molar-refractivity contribution in [3.63, 3.8) is 0 Å². The van der Waals surface area contributed by atoms with E-state index < -0.39 is 0 Å². The molecule has 1 fully saturated rings. The molecule has 0 radical (unpaired) electrons. The predicted molar refractivity (Wildman–Crippen MR) is 73.5 cm³/mol. The first-order valence-electron chi connectivity index (χ1n) is 6.44. The molecule has 18 heavy (non-hydrogen) atoms. The van der Waals surface area contributed by atoms with Gasteiger partial charge in [0, 0.05) is 18.3 Å². The molecule has 98 valence electrons. The van der Waals surface area contributed by atoms with Crippen LogP contribution in [0.2, 0.25) is 0 Å². The van der Waals surface area contributed by atoms with Gasteiger partial charge in [0.15, 0.2) is 0 Å². The molecule has 1 aromatic rings. The SMILES string of the molecule is Cc1ccc(NC(=O)N2CC(CN)CC2C)cc1. The Morgan fingerprint density at radius 3 is 2.67 bits per heavy atom. The van der Waals surface area contributed by atoms with Gasteiger partial charge in [0.1, 0.15) is 0 Å². The van der Waals surface area contributed by atoms with Crippen LogP contribution >= 0.6 is 0 Å². The standard InChI is InChI=1S/C14H21N3O/c1-10-3-5-13(6-4-10)16-14(18)17-9-12(8-15)7-11(17)2/h3-6,11-12H,7-9,15H2,1-2H3,(H,16,18). The molecule has 1 aliphatic rings. The van der Waals surface area contributed by atoms with Crippen molar-refractivity contribution in [3.05, 3.63) is 29.8 Å². The third kappa shape index (κ3) is 2.82. The molecule has 1 saturated heterocycles. The summed E-state index contributed by atoms with van der Waals surface area (Å²) >= 11 is 0. The number of aryl methyl sites for hydroxylation is 1. The highest BCUT2D eigenvalue weighted by Gasteiger charge is 2.31. The fraction of sp³-hybridized carbons (Fsp3) is 0.500. The molecule has 2 amide bonds. The maximum absolute atomic E-state index is 12.1. The highest BCUT2D eigenvalue weighted by Crippen LogP contribution is 2.23. The molecule has 0 aliphatic carbocycles. The molecular weight excluding hydrogens is 226 g/mol. The maximum Gasteiger partial charge on any atom is 0.322 e. The van der Waals surface area contributed by atoms with Gasteiger partial charge in [-0.3, -0.25) is 0 Å². The topological polar surface area (TPSA) is 58.4 Å². The normalized spacial score (nSPS) is 23.2. The van der Waals surface area contributed by atoms with Crippen LogP contribution in [0, 0.1) is 12.8 Å². The first-order valence-corrected chi connectivity index (χ1v) is 6.44. The van der Waals surface area contributed by atoms with Crippen LogP contribution in [0.1, 0.15) is 18.9 Å². The van der Waals surface area contributed by atoms with Crippen molar-refractivity contribution in [3.8, 4) is 0 Å². The number of nitrogens with one attached hydrogen (secondary N) is 1. The zero-order valence-electron chi connectivity index (χ0n) is 11.0. The van der Waals surface area contributed by atoms with Crippen molar-refractivity contribution < 1.29 is 4.79 Å². The van der Waals surface area contributed by atoms with Gasteiger partial charge in [-0.25, -0.2) is 4.79 Å². The molecule has 1 aliphatic heterocycles. The molecule has 3 N–H and O–H groups in total. The predicted octanol–water partition coefficient (Wildman–Crippen LogP) is 2.20. The van der Waals surface area contributed by atoms with Crippen LogP contribution in [0.3, 0.4) is 0 Å². The van der Waals surface area contributed by atoms with Gasteiger partial charge >= 0.3 is 6.03 Å². The Morgan fingerprint density at radius 1 is 1.44 bits per heavy atom. The minimum atomic E-state index is -0.0256. The second kappa shape index (κ2) is 5.40. The Labute approximate surface area is 108 Å². The number of hydrogen-bond acceptors (Lipinski definition) is 2. The van der Waals surface area contributed by atoms with Crippen molar-refractivity contribution in [2.45, 2.75) is 26.3 Å². The fourth-order valence-electron chi connectivity index (χ4n) is 2.43. The number of nitrogens with two attached hydrogens (primary N) is 1. The number of hydrogen-bond donors (Lipinski definition) is 2. The molecule has 1 aromatic carbocycles. The lowest BCUT2D eigenvalue weighted by Crippen LogP contribution is -2.37. The highest BCUT2D eigenvalue weighted by molar-refractivity contribution is 5.89. The van der Waals surface area contributed by atoms with Gasteiger partial charge in [-0.05, 0) is 44.9 Å². The summed E-state index contributed by atoms with van der Waals surface area (Å²) in [5, 5.41) is 2.93. The second-order valence-electron chi connectivity index (χ2n) is 5.13. The quantitative estimate of drug-likeness (QED) is 0.841. The molecule has 4 nitrogen and oxygen atoms in total. The van der Waals surface area contributed by atoms with Crippen molar-refractivity contribution in [1.29, 1.82) is 0 Å². The first kappa shape index (κ1) is 12.9. The summed E-state index contributed by atoms with van der Waals surface area (Å²) in [6.45, 7) is 5.51. The minimum absolute atomic E-state index is 0.0256. The van der Waals surface area contributed by atoms with Crippen molar-refractivity contribution in [2.75, 3.05) is 18.4 Å². The van der Waals surface area contributed by atoms with Crippen LogP contribution in [0.25, 0.3) is 0 Å². The average molecular weight is 247 g/mol. The Balaban J connectivity index is 1.98. The zero-order valence-corrected chi connectivity index (χ0v) is 11.0. The molecule has 0 aromatic heterocycles. The van der Waals surface area contributed by atoms with Crippen LogP contribution in [0.4, 0.5) is 10.5 Å². The number of amides is 2. The van der Waals surface area contributed by atoms with Crippen LogP contribution in [-0.2, 0) is 0 Å². The highest BCUT2D eigenvalue weighted by atomic mass is 16.2. The summed E-state index contributed by atoms with van der Waals surface area (Å²) in [4.78, 5) is 14.0. The summed E-state index contributed by atoms with van der Waals surface area (Å²) in [5.74, 6) is 0.434. The molecular formula is C14H21N3O. The van der Waals surface area contributed by atoms with Gasteiger partial charge in [0.05, 0.1) is 0 Å².